The normalized spacial score (nSPS) is 14.9. The molecule has 3 aromatic rings. The molecule has 148 valence electrons. The highest BCUT2D eigenvalue weighted by atomic mass is 16.4. The van der Waals surface area contributed by atoms with Gasteiger partial charge in [-0.05, 0) is 46.7 Å². The number of nitrogens with zero attached hydrogens (tertiary/aromatic N) is 2. The summed E-state index contributed by atoms with van der Waals surface area (Å²) >= 11 is 0. The van der Waals surface area contributed by atoms with E-state index in [4.69, 9.17) is 5.73 Å². The van der Waals surface area contributed by atoms with Gasteiger partial charge in [-0.15, -0.1) is 0 Å². The number of aromatic nitrogens is 1. The summed E-state index contributed by atoms with van der Waals surface area (Å²) in [6.45, 7) is 1.81. The Morgan fingerprint density at radius 2 is 1.86 bits per heavy atom. The lowest BCUT2D eigenvalue weighted by Crippen LogP contribution is -2.40. The van der Waals surface area contributed by atoms with Crippen LogP contribution in [0.3, 0.4) is 0 Å². The molecule has 1 aromatic heterocycles. The Kier molecular flexibility index (Phi) is 5.62. The van der Waals surface area contributed by atoms with Crippen molar-refractivity contribution >= 4 is 29.4 Å². The summed E-state index contributed by atoms with van der Waals surface area (Å²) < 4.78 is 0. The highest BCUT2D eigenvalue weighted by molar-refractivity contribution is 6.60. The summed E-state index contributed by atoms with van der Waals surface area (Å²) in [4.78, 5) is 19.1. The number of hydrogen-bond acceptors (Lipinski definition) is 5. The Morgan fingerprint density at radius 1 is 1.10 bits per heavy atom. The number of likely N-dealkylation sites (tertiary alicyclic amines) is 1. The maximum Gasteiger partial charge on any atom is 0.508 e. The van der Waals surface area contributed by atoms with Crippen LogP contribution < -0.4 is 11.3 Å². The van der Waals surface area contributed by atoms with Gasteiger partial charge in [0.25, 0.3) is 5.91 Å². The van der Waals surface area contributed by atoms with Gasteiger partial charge < -0.3 is 20.7 Å². The molecule has 2 heterocycles. The molecule has 0 spiro atoms. The van der Waals surface area contributed by atoms with Crippen LogP contribution in [-0.4, -0.2) is 46.0 Å². The van der Waals surface area contributed by atoms with Crippen LogP contribution in [0.15, 0.2) is 54.6 Å². The van der Waals surface area contributed by atoms with E-state index in [1.165, 1.54) is 5.56 Å². The van der Waals surface area contributed by atoms with Crippen LogP contribution in [0.4, 0.5) is 0 Å². The average molecular weight is 389 g/mol. The fourth-order valence-electron chi connectivity index (χ4n) is 4.08. The van der Waals surface area contributed by atoms with Crippen LogP contribution in [0.25, 0.3) is 10.8 Å². The maximum atomic E-state index is 13.0. The lowest BCUT2D eigenvalue weighted by atomic mass is 9.82. The lowest BCUT2D eigenvalue weighted by molar-refractivity contribution is 0.0707. The number of nitrogens with two attached hydrogens (primary N) is 1. The number of carbonyl (C=O) groups excluding carboxylic acids is 1. The van der Waals surface area contributed by atoms with E-state index in [0.717, 1.165) is 23.8 Å². The van der Waals surface area contributed by atoms with E-state index < -0.39 is 7.12 Å². The van der Waals surface area contributed by atoms with Gasteiger partial charge in [0.2, 0.25) is 0 Å². The van der Waals surface area contributed by atoms with Crippen molar-refractivity contribution in [3.8, 4) is 0 Å². The second-order valence-corrected chi connectivity index (χ2v) is 7.50. The van der Waals surface area contributed by atoms with E-state index in [2.05, 4.69) is 17.1 Å². The highest BCUT2D eigenvalue weighted by Gasteiger charge is 2.27. The van der Waals surface area contributed by atoms with Gasteiger partial charge in [0, 0.05) is 19.6 Å². The summed E-state index contributed by atoms with van der Waals surface area (Å²) in [5.74, 6) is 0.233. The van der Waals surface area contributed by atoms with Crippen molar-refractivity contribution in [3.63, 3.8) is 0 Å². The zero-order chi connectivity index (χ0) is 20.4. The Bertz CT molecular complexity index is 1030. The van der Waals surface area contributed by atoms with Gasteiger partial charge in [-0.3, -0.25) is 9.78 Å². The first-order chi connectivity index (χ1) is 14.1. The number of rotatable bonds is 4. The van der Waals surface area contributed by atoms with Crippen molar-refractivity contribution in [2.75, 3.05) is 13.1 Å². The van der Waals surface area contributed by atoms with Crippen LogP contribution in [0.2, 0.25) is 0 Å². The highest BCUT2D eigenvalue weighted by Crippen LogP contribution is 2.29. The Morgan fingerprint density at radius 3 is 2.59 bits per heavy atom. The molecule has 1 saturated heterocycles. The fraction of sp³-hybridized carbons (Fsp3) is 0.273. The van der Waals surface area contributed by atoms with Gasteiger partial charge in [-0.1, -0.05) is 48.5 Å². The van der Waals surface area contributed by atoms with Gasteiger partial charge in [0.15, 0.2) is 0 Å². The van der Waals surface area contributed by atoms with Gasteiger partial charge >= 0.3 is 7.12 Å². The van der Waals surface area contributed by atoms with Gasteiger partial charge in [0.1, 0.15) is 5.69 Å². The fourth-order valence-corrected chi connectivity index (χ4v) is 4.08. The summed E-state index contributed by atoms with van der Waals surface area (Å²) in [5, 5.41) is 20.8. The number of carbonyl (C=O) groups is 1. The predicted molar refractivity (Wildman–Crippen MR) is 114 cm³/mol. The Balaban J connectivity index is 1.52. The zero-order valence-corrected chi connectivity index (χ0v) is 16.2. The van der Waals surface area contributed by atoms with E-state index in [0.29, 0.717) is 30.9 Å². The van der Waals surface area contributed by atoms with Crippen molar-refractivity contribution in [1.82, 2.24) is 9.88 Å². The van der Waals surface area contributed by atoms with Crippen molar-refractivity contribution in [2.24, 2.45) is 5.73 Å². The molecule has 0 atom stereocenters. The average Bonchev–Trinajstić information content (AvgIpc) is 2.78. The molecular weight excluding hydrogens is 365 g/mol. The molecule has 1 fully saturated rings. The van der Waals surface area contributed by atoms with Crippen LogP contribution in [0.5, 0.6) is 0 Å². The van der Waals surface area contributed by atoms with Crippen LogP contribution >= 0.6 is 0 Å². The molecule has 0 radical (unpaired) electrons. The number of fused-ring (bicyclic) bond motifs is 1. The molecule has 1 aliphatic rings. The molecule has 29 heavy (non-hydrogen) atoms. The summed E-state index contributed by atoms with van der Waals surface area (Å²) in [6, 6.07) is 17.3. The molecule has 0 unspecified atom stereocenters. The monoisotopic (exact) mass is 389 g/mol. The van der Waals surface area contributed by atoms with Gasteiger partial charge in [0.05, 0.1) is 5.59 Å². The van der Waals surface area contributed by atoms with Crippen LogP contribution in [0.1, 0.15) is 40.4 Å². The largest absolute Gasteiger partial charge is 0.508 e. The second-order valence-electron chi connectivity index (χ2n) is 7.50. The molecule has 6 nitrogen and oxygen atoms in total. The maximum absolute atomic E-state index is 13.0. The Labute approximate surface area is 170 Å². The molecule has 7 heteroatoms. The van der Waals surface area contributed by atoms with E-state index in [9.17, 15) is 14.8 Å². The first-order valence-electron chi connectivity index (χ1n) is 9.91. The van der Waals surface area contributed by atoms with E-state index in [1.807, 2.05) is 30.3 Å². The minimum absolute atomic E-state index is 0.111. The van der Waals surface area contributed by atoms with Crippen molar-refractivity contribution in [2.45, 2.75) is 25.3 Å². The molecule has 1 amide bonds. The van der Waals surface area contributed by atoms with E-state index >= 15 is 0 Å². The van der Waals surface area contributed by atoms with Crippen LogP contribution in [-0.2, 0) is 6.54 Å². The molecule has 0 bridgehead atoms. The molecule has 0 saturated carbocycles. The minimum atomic E-state index is -1.73. The first-order valence-corrected chi connectivity index (χ1v) is 9.91. The summed E-state index contributed by atoms with van der Waals surface area (Å²) in [5.41, 5.74) is 8.50. The van der Waals surface area contributed by atoms with Gasteiger partial charge in [-0.2, -0.15) is 0 Å². The van der Waals surface area contributed by atoms with Crippen molar-refractivity contribution < 1.29 is 14.8 Å². The molecule has 2 aromatic carbocycles. The number of amides is 1. The number of benzene rings is 2. The van der Waals surface area contributed by atoms with E-state index in [1.54, 1.807) is 17.0 Å². The molecule has 0 aliphatic carbocycles. The lowest BCUT2D eigenvalue weighted by Gasteiger charge is -2.32. The van der Waals surface area contributed by atoms with Crippen molar-refractivity contribution in [3.05, 3.63) is 71.4 Å². The van der Waals surface area contributed by atoms with Gasteiger partial charge in [-0.25, -0.2) is 0 Å². The number of piperidine rings is 1. The summed E-state index contributed by atoms with van der Waals surface area (Å²) in [6.07, 6.45) is 1.76. The third kappa shape index (κ3) is 4.03. The topological polar surface area (TPSA) is 99.7 Å². The molecule has 4 rings (SSSR count). The third-order valence-electron chi connectivity index (χ3n) is 5.67. The van der Waals surface area contributed by atoms with Crippen molar-refractivity contribution in [1.29, 1.82) is 0 Å². The molecule has 1 aliphatic heterocycles. The molecular formula is C22H24BN3O3. The van der Waals surface area contributed by atoms with E-state index in [-0.39, 0.29) is 17.2 Å². The smallest absolute Gasteiger partial charge is 0.422 e. The summed E-state index contributed by atoms with van der Waals surface area (Å²) in [7, 11) is -1.73. The minimum Gasteiger partial charge on any atom is -0.422 e. The Hall–Kier alpha value is -2.74. The zero-order valence-electron chi connectivity index (χ0n) is 16.2. The SMILES string of the molecule is NCc1cccc(C2CCN(C(=O)c3cc4ccccc4c(B(O)O)n3)CC2)c1. The second kappa shape index (κ2) is 8.33. The molecule has 4 N–H and O–H groups in total. The van der Waals surface area contributed by atoms with Crippen LogP contribution in [0, 0.1) is 0 Å². The first kappa shape index (κ1) is 19.6. The number of hydrogen-bond donors (Lipinski definition) is 3. The number of pyridine rings is 1. The third-order valence-corrected chi connectivity index (χ3v) is 5.67. The predicted octanol–water partition coefficient (Wildman–Crippen LogP) is 1.39. The quantitative estimate of drug-likeness (QED) is 0.586. The standard InChI is InChI=1S/C22H24BN3O3/c24-14-15-4-3-6-17(12-15)16-8-10-26(11-9-16)22(27)20-13-18-5-1-2-7-19(18)21(25-20)23(28)29/h1-7,12-13,16,28-29H,8-11,14,24H2.